The average molecular weight is 292 g/mol. The Morgan fingerprint density at radius 3 is 2.60 bits per heavy atom. The molecule has 1 atom stereocenters. The lowest BCUT2D eigenvalue weighted by atomic mass is 9.98. The van der Waals surface area contributed by atoms with Crippen LogP contribution < -0.4 is 5.32 Å². The van der Waals surface area contributed by atoms with Crippen molar-refractivity contribution in [1.82, 2.24) is 5.32 Å². The predicted octanol–water partition coefficient (Wildman–Crippen LogP) is 5.13. The fourth-order valence-electron chi connectivity index (χ4n) is 2.37. The van der Waals surface area contributed by atoms with E-state index in [0.29, 0.717) is 5.02 Å². The van der Waals surface area contributed by atoms with Gasteiger partial charge in [0.05, 0.1) is 0 Å². The van der Waals surface area contributed by atoms with Gasteiger partial charge in [-0.3, -0.25) is 0 Å². The van der Waals surface area contributed by atoms with Crippen molar-refractivity contribution in [1.29, 1.82) is 0 Å². The summed E-state index contributed by atoms with van der Waals surface area (Å²) in [4.78, 5) is 0. The molecule has 0 aliphatic heterocycles. The molecule has 20 heavy (non-hydrogen) atoms. The van der Waals surface area contributed by atoms with Crippen LogP contribution in [0.15, 0.2) is 36.4 Å². The molecule has 0 spiro atoms. The molecule has 0 saturated heterocycles. The first kappa shape index (κ1) is 15.0. The van der Waals surface area contributed by atoms with Crippen LogP contribution >= 0.6 is 11.6 Å². The molecule has 0 aliphatic rings. The SMILES string of the molecule is CCNC(C)c1ccc(-c2cc(F)ccc2C)cc1Cl. The minimum atomic E-state index is -0.230. The molecular weight excluding hydrogens is 273 g/mol. The van der Waals surface area contributed by atoms with Crippen molar-refractivity contribution in [3.63, 3.8) is 0 Å². The van der Waals surface area contributed by atoms with Crippen molar-refractivity contribution >= 4 is 11.6 Å². The molecule has 3 heteroatoms. The Balaban J connectivity index is 2.40. The summed E-state index contributed by atoms with van der Waals surface area (Å²) in [5.74, 6) is -0.230. The van der Waals surface area contributed by atoms with Gasteiger partial charge in [-0.1, -0.05) is 36.7 Å². The van der Waals surface area contributed by atoms with Crippen LogP contribution in [0.1, 0.15) is 31.0 Å². The number of rotatable bonds is 4. The van der Waals surface area contributed by atoms with Gasteiger partial charge in [-0.15, -0.1) is 0 Å². The van der Waals surface area contributed by atoms with Gasteiger partial charge in [0.15, 0.2) is 0 Å². The normalized spacial score (nSPS) is 12.4. The van der Waals surface area contributed by atoms with E-state index in [0.717, 1.165) is 28.8 Å². The van der Waals surface area contributed by atoms with Crippen LogP contribution in [0.3, 0.4) is 0 Å². The maximum absolute atomic E-state index is 13.4. The number of aryl methyl sites for hydroxylation is 1. The lowest BCUT2D eigenvalue weighted by molar-refractivity contribution is 0.598. The Labute approximate surface area is 124 Å². The van der Waals surface area contributed by atoms with Crippen molar-refractivity contribution in [3.05, 3.63) is 58.4 Å². The third-order valence-corrected chi connectivity index (χ3v) is 3.82. The maximum Gasteiger partial charge on any atom is 0.123 e. The predicted molar refractivity (Wildman–Crippen MR) is 83.7 cm³/mol. The van der Waals surface area contributed by atoms with Gasteiger partial charge in [0.2, 0.25) is 0 Å². The fraction of sp³-hybridized carbons (Fsp3) is 0.294. The van der Waals surface area contributed by atoms with E-state index in [1.807, 2.05) is 25.1 Å². The molecule has 0 heterocycles. The Bertz CT molecular complexity index is 610. The molecule has 1 nitrogen and oxygen atoms in total. The summed E-state index contributed by atoms with van der Waals surface area (Å²) < 4.78 is 13.4. The van der Waals surface area contributed by atoms with E-state index >= 15 is 0 Å². The van der Waals surface area contributed by atoms with Crippen LogP contribution in [0.25, 0.3) is 11.1 Å². The zero-order valence-corrected chi connectivity index (χ0v) is 12.8. The van der Waals surface area contributed by atoms with Gasteiger partial charge in [0, 0.05) is 11.1 Å². The topological polar surface area (TPSA) is 12.0 Å². The monoisotopic (exact) mass is 291 g/mol. The molecule has 1 unspecified atom stereocenters. The van der Waals surface area contributed by atoms with Crippen LogP contribution in [0.4, 0.5) is 4.39 Å². The van der Waals surface area contributed by atoms with Gasteiger partial charge in [-0.25, -0.2) is 4.39 Å². The van der Waals surface area contributed by atoms with E-state index in [1.165, 1.54) is 6.07 Å². The van der Waals surface area contributed by atoms with Crippen LogP contribution in [0.2, 0.25) is 5.02 Å². The van der Waals surface area contributed by atoms with E-state index < -0.39 is 0 Å². The third-order valence-electron chi connectivity index (χ3n) is 3.49. The maximum atomic E-state index is 13.4. The summed E-state index contributed by atoms with van der Waals surface area (Å²) in [5.41, 5.74) is 3.93. The first-order valence-corrected chi connectivity index (χ1v) is 7.20. The van der Waals surface area contributed by atoms with E-state index in [9.17, 15) is 4.39 Å². The molecule has 0 radical (unpaired) electrons. The van der Waals surface area contributed by atoms with Crippen LogP contribution in [0.5, 0.6) is 0 Å². The largest absolute Gasteiger partial charge is 0.310 e. The first-order valence-electron chi connectivity index (χ1n) is 6.82. The molecule has 0 saturated carbocycles. The van der Waals surface area contributed by atoms with Crippen LogP contribution in [-0.2, 0) is 0 Å². The molecule has 0 aliphatic carbocycles. The highest BCUT2D eigenvalue weighted by Crippen LogP contribution is 2.31. The molecule has 2 aromatic carbocycles. The molecule has 2 aromatic rings. The highest BCUT2D eigenvalue weighted by atomic mass is 35.5. The quantitative estimate of drug-likeness (QED) is 0.824. The lowest BCUT2D eigenvalue weighted by Gasteiger charge is -2.16. The second-order valence-corrected chi connectivity index (χ2v) is 5.38. The standard InChI is InChI=1S/C17H19ClFN/c1-4-20-12(3)15-8-6-13(9-17(15)18)16-10-14(19)7-5-11(16)2/h5-10,12,20H,4H2,1-3H3. The Hall–Kier alpha value is -1.38. The summed E-state index contributed by atoms with van der Waals surface area (Å²) in [6.07, 6.45) is 0. The molecular formula is C17H19ClFN. The van der Waals surface area contributed by atoms with Crippen molar-refractivity contribution in [2.24, 2.45) is 0 Å². The van der Waals surface area contributed by atoms with Crippen LogP contribution in [0, 0.1) is 12.7 Å². The van der Waals surface area contributed by atoms with E-state index in [-0.39, 0.29) is 11.9 Å². The van der Waals surface area contributed by atoms with Gasteiger partial charge in [0.25, 0.3) is 0 Å². The van der Waals surface area contributed by atoms with E-state index in [4.69, 9.17) is 11.6 Å². The average Bonchev–Trinajstić information content (AvgIpc) is 2.41. The summed E-state index contributed by atoms with van der Waals surface area (Å²) in [7, 11) is 0. The molecule has 0 aromatic heterocycles. The van der Waals surface area contributed by atoms with Crippen molar-refractivity contribution < 1.29 is 4.39 Å². The zero-order chi connectivity index (χ0) is 14.7. The highest BCUT2D eigenvalue weighted by Gasteiger charge is 2.11. The number of hydrogen-bond donors (Lipinski definition) is 1. The van der Waals surface area contributed by atoms with Gasteiger partial charge in [-0.05, 0) is 60.8 Å². The van der Waals surface area contributed by atoms with Gasteiger partial charge in [-0.2, -0.15) is 0 Å². The molecule has 0 fully saturated rings. The van der Waals surface area contributed by atoms with Crippen molar-refractivity contribution in [3.8, 4) is 11.1 Å². The molecule has 0 bridgehead atoms. The summed E-state index contributed by atoms with van der Waals surface area (Å²) >= 11 is 6.37. The van der Waals surface area contributed by atoms with Gasteiger partial charge >= 0.3 is 0 Å². The number of halogens is 2. The van der Waals surface area contributed by atoms with Gasteiger partial charge < -0.3 is 5.32 Å². The second-order valence-electron chi connectivity index (χ2n) is 4.97. The van der Waals surface area contributed by atoms with Gasteiger partial charge in [0.1, 0.15) is 5.82 Å². The highest BCUT2D eigenvalue weighted by molar-refractivity contribution is 6.31. The minimum Gasteiger partial charge on any atom is -0.310 e. The lowest BCUT2D eigenvalue weighted by Crippen LogP contribution is -2.17. The summed E-state index contributed by atoms with van der Waals surface area (Å²) in [6.45, 7) is 7.01. The van der Waals surface area contributed by atoms with Crippen LogP contribution in [-0.4, -0.2) is 6.54 Å². The second kappa shape index (κ2) is 6.38. The Morgan fingerprint density at radius 2 is 1.95 bits per heavy atom. The summed E-state index contributed by atoms with van der Waals surface area (Å²) in [6, 6.07) is 10.9. The third kappa shape index (κ3) is 3.20. The van der Waals surface area contributed by atoms with E-state index in [1.54, 1.807) is 12.1 Å². The number of benzene rings is 2. The zero-order valence-electron chi connectivity index (χ0n) is 12.0. The molecule has 2 rings (SSSR count). The van der Waals surface area contributed by atoms with E-state index in [2.05, 4.69) is 19.2 Å². The molecule has 1 N–H and O–H groups in total. The minimum absolute atomic E-state index is 0.204. The molecule has 0 amide bonds. The Morgan fingerprint density at radius 1 is 1.20 bits per heavy atom. The first-order chi connectivity index (χ1) is 9.52. The fourth-order valence-corrected chi connectivity index (χ4v) is 2.71. The molecule has 106 valence electrons. The van der Waals surface area contributed by atoms with Crippen molar-refractivity contribution in [2.75, 3.05) is 6.54 Å². The Kier molecular flexibility index (Phi) is 4.79. The summed E-state index contributed by atoms with van der Waals surface area (Å²) in [5, 5.41) is 4.05. The smallest absolute Gasteiger partial charge is 0.123 e. The van der Waals surface area contributed by atoms with Crippen molar-refractivity contribution in [2.45, 2.75) is 26.8 Å². The number of hydrogen-bond acceptors (Lipinski definition) is 1. The number of nitrogens with one attached hydrogen (secondary N) is 1.